The third-order valence-electron chi connectivity index (χ3n) is 2.16. The van der Waals surface area contributed by atoms with E-state index in [-0.39, 0.29) is 24.9 Å². The minimum absolute atomic E-state index is 0.107. The molecule has 0 amide bonds. The Hall–Kier alpha value is -0.610. The van der Waals surface area contributed by atoms with Crippen LogP contribution in [0, 0.1) is 5.92 Å². The molecule has 0 aliphatic heterocycles. The Morgan fingerprint density at radius 2 is 2.00 bits per heavy atom. The van der Waals surface area contributed by atoms with Crippen LogP contribution >= 0.6 is 0 Å². The van der Waals surface area contributed by atoms with Crippen LogP contribution in [0.15, 0.2) is 0 Å². The predicted molar refractivity (Wildman–Crippen MR) is 59.3 cm³/mol. The molecule has 0 bridgehead atoms. The lowest BCUT2D eigenvalue weighted by Crippen LogP contribution is -2.32. The summed E-state index contributed by atoms with van der Waals surface area (Å²) < 4.78 is 5.17. The molecule has 2 unspecified atom stereocenters. The Morgan fingerprint density at radius 1 is 1.47 bits per heavy atom. The molecule has 0 heterocycles. The van der Waals surface area contributed by atoms with Gasteiger partial charge in [0, 0.05) is 6.54 Å². The number of ether oxygens (including phenoxy) is 1. The standard InChI is InChI=1S/C11H23NO3/c1-5-8(9(13)7-12)6-10(14)15-11(2,3)4/h8-9,13H,5-7,12H2,1-4H3. The van der Waals surface area contributed by atoms with Crippen molar-refractivity contribution in [3.63, 3.8) is 0 Å². The van der Waals surface area contributed by atoms with Crippen LogP contribution in [0.25, 0.3) is 0 Å². The number of aliphatic hydroxyl groups is 1. The van der Waals surface area contributed by atoms with Crippen molar-refractivity contribution in [2.45, 2.75) is 52.2 Å². The summed E-state index contributed by atoms with van der Waals surface area (Å²) in [4.78, 5) is 11.5. The van der Waals surface area contributed by atoms with E-state index in [4.69, 9.17) is 10.5 Å². The molecule has 0 fully saturated rings. The SMILES string of the molecule is CCC(CC(=O)OC(C)(C)C)C(O)CN. The highest BCUT2D eigenvalue weighted by Crippen LogP contribution is 2.16. The Balaban J connectivity index is 4.13. The van der Waals surface area contributed by atoms with Crippen molar-refractivity contribution in [2.75, 3.05) is 6.54 Å². The summed E-state index contributed by atoms with van der Waals surface area (Å²) in [5, 5.41) is 9.53. The van der Waals surface area contributed by atoms with Gasteiger partial charge in [0.15, 0.2) is 0 Å². The number of esters is 1. The lowest BCUT2D eigenvalue weighted by molar-refractivity contribution is -0.157. The zero-order valence-electron chi connectivity index (χ0n) is 10.1. The van der Waals surface area contributed by atoms with Crippen molar-refractivity contribution in [3.8, 4) is 0 Å². The molecule has 0 spiro atoms. The Kier molecular flexibility index (Phi) is 5.83. The Labute approximate surface area is 91.8 Å². The lowest BCUT2D eigenvalue weighted by Gasteiger charge is -2.23. The van der Waals surface area contributed by atoms with E-state index in [2.05, 4.69) is 0 Å². The number of carbonyl (C=O) groups excluding carboxylic acids is 1. The van der Waals surface area contributed by atoms with E-state index < -0.39 is 11.7 Å². The zero-order valence-corrected chi connectivity index (χ0v) is 10.1. The Bertz CT molecular complexity index is 198. The van der Waals surface area contributed by atoms with Gasteiger partial charge in [-0.25, -0.2) is 0 Å². The average molecular weight is 217 g/mol. The molecule has 0 saturated heterocycles. The number of hydrogen-bond acceptors (Lipinski definition) is 4. The quantitative estimate of drug-likeness (QED) is 0.675. The molecule has 0 aliphatic carbocycles. The van der Waals surface area contributed by atoms with Gasteiger partial charge < -0.3 is 15.6 Å². The van der Waals surface area contributed by atoms with Crippen molar-refractivity contribution in [2.24, 2.45) is 11.7 Å². The van der Waals surface area contributed by atoms with E-state index in [0.717, 1.165) is 6.42 Å². The van der Waals surface area contributed by atoms with Crippen molar-refractivity contribution in [1.29, 1.82) is 0 Å². The van der Waals surface area contributed by atoms with Gasteiger partial charge in [0.05, 0.1) is 12.5 Å². The molecule has 4 heteroatoms. The monoisotopic (exact) mass is 217 g/mol. The summed E-state index contributed by atoms with van der Waals surface area (Å²) in [6.45, 7) is 7.58. The number of carbonyl (C=O) groups is 1. The molecule has 4 nitrogen and oxygen atoms in total. The lowest BCUT2D eigenvalue weighted by atomic mass is 9.96. The van der Waals surface area contributed by atoms with Crippen LogP contribution < -0.4 is 5.73 Å². The fraction of sp³-hybridized carbons (Fsp3) is 0.909. The van der Waals surface area contributed by atoms with E-state index in [1.54, 1.807) is 0 Å². The second kappa shape index (κ2) is 6.08. The molecule has 0 rings (SSSR count). The van der Waals surface area contributed by atoms with Crippen LogP contribution in [0.5, 0.6) is 0 Å². The highest BCUT2D eigenvalue weighted by atomic mass is 16.6. The van der Waals surface area contributed by atoms with Gasteiger partial charge in [-0.3, -0.25) is 4.79 Å². The molecule has 0 aromatic heterocycles. The van der Waals surface area contributed by atoms with Crippen LogP contribution in [0.3, 0.4) is 0 Å². The van der Waals surface area contributed by atoms with Crippen LogP contribution in [0.4, 0.5) is 0 Å². The number of aliphatic hydroxyl groups excluding tert-OH is 1. The van der Waals surface area contributed by atoms with E-state index in [1.165, 1.54) is 0 Å². The summed E-state index contributed by atoms with van der Waals surface area (Å²) in [7, 11) is 0. The van der Waals surface area contributed by atoms with Crippen LogP contribution in [-0.2, 0) is 9.53 Å². The smallest absolute Gasteiger partial charge is 0.306 e. The molecular formula is C11H23NO3. The first-order chi connectivity index (χ1) is 6.80. The van der Waals surface area contributed by atoms with E-state index in [1.807, 2.05) is 27.7 Å². The average Bonchev–Trinajstić information content (AvgIpc) is 2.10. The molecule has 0 radical (unpaired) electrons. The molecule has 0 saturated carbocycles. The van der Waals surface area contributed by atoms with Crippen LogP contribution in [-0.4, -0.2) is 29.3 Å². The molecular weight excluding hydrogens is 194 g/mol. The van der Waals surface area contributed by atoms with Gasteiger partial charge in [-0.05, 0) is 26.7 Å². The molecule has 0 aromatic rings. The fourth-order valence-electron chi connectivity index (χ4n) is 1.34. The van der Waals surface area contributed by atoms with Crippen LogP contribution in [0.1, 0.15) is 40.5 Å². The van der Waals surface area contributed by atoms with Gasteiger partial charge in [0.2, 0.25) is 0 Å². The van der Waals surface area contributed by atoms with Crippen molar-refractivity contribution < 1.29 is 14.6 Å². The van der Waals surface area contributed by atoms with Gasteiger partial charge >= 0.3 is 5.97 Å². The molecule has 15 heavy (non-hydrogen) atoms. The number of nitrogens with two attached hydrogens (primary N) is 1. The third-order valence-corrected chi connectivity index (χ3v) is 2.16. The Morgan fingerprint density at radius 3 is 2.33 bits per heavy atom. The highest BCUT2D eigenvalue weighted by Gasteiger charge is 2.23. The number of hydrogen-bond donors (Lipinski definition) is 2. The van der Waals surface area contributed by atoms with Crippen LogP contribution in [0.2, 0.25) is 0 Å². The van der Waals surface area contributed by atoms with Crippen molar-refractivity contribution in [3.05, 3.63) is 0 Å². The van der Waals surface area contributed by atoms with Gasteiger partial charge in [-0.2, -0.15) is 0 Å². The maximum Gasteiger partial charge on any atom is 0.306 e. The molecule has 0 aliphatic rings. The third kappa shape index (κ3) is 6.47. The number of rotatable bonds is 5. The molecule has 0 aromatic carbocycles. The minimum Gasteiger partial charge on any atom is -0.460 e. The predicted octanol–water partition coefficient (Wildman–Crippen LogP) is 1.06. The summed E-state index contributed by atoms with van der Waals surface area (Å²) >= 11 is 0. The molecule has 3 N–H and O–H groups in total. The fourth-order valence-corrected chi connectivity index (χ4v) is 1.34. The topological polar surface area (TPSA) is 72.5 Å². The van der Waals surface area contributed by atoms with E-state index in [9.17, 15) is 9.90 Å². The highest BCUT2D eigenvalue weighted by molar-refractivity contribution is 5.70. The summed E-state index contributed by atoms with van der Waals surface area (Å²) in [6, 6.07) is 0. The first-order valence-electron chi connectivity index (χ1n) is 5.40. The molecule has 90 valence electrons. The van der Waals surface area contributed by atoms with Gasteiger partial charge in [0.25, 0.3) is 0 Å². The van der Waals surface area contributed by atoms with Gasteiger partial charge in [0.1, 0.15) is 5.60 Å². The molecule has 2 atom stereocenters. The largest absolute Gasteiger partial charge is 0.460 e. The summed E-state index contributed by atoms with van der Waals surface area (Å²) in [6.07, 6.45) is 0.325. The first kappa shape index (κ1) is 14.4. The van der Waals surface area contributed by atoms with Crippen molar-refractivity contribution >= 4 is 5.97 Å². The summed E-state index contributed by atoms with van der Waals surface area (Å²) in [5.41, 5.74) is 4.88. The van der Waals surface area contributed by atoms with E-state index in [0.29, 0.717) is 0 Å². The second-order valence-corrected chi connectivity index (χ2v) is 4.76. The van der Waals surface area contributed by atoms with Crippen molar-refractivity contribution in [1.82, 2.24) is 0 Å². The van der Waals surface area contributed by atoms with E-state index >= 15 is 0 Å². The normalized spacial score (nSPS) is 15.9. The van der Waals surface area contributed by atoms with Gasteiger partial charge in [-0.15, -0.1) is 0 Å². The zero-order chi connectivity index (χ0) is 12.1. The van der Waals surface area contributed by atoms with Gasteiger partial charge in [-0.1, -0.05) is 13.3 Å². The first-order valence-corrected chi connectivity index (χ1v) is 5.40. The summed E-state index contributed by atoms with van der Waals surface area (Å²) in [5.74, 6) is -0.383. The maximum atomic E-state index is 11.5. The maximum absolute atomic E-state index is 11.5. The minimum atomic E-state index is -0.623. The second-order valence-electron chi connectivity index (χ2n) is 4.76.